The Labute approximate surface area is 105 Å². The van der Waals surface area contributed by atoms with Gasteiger partial charge in [0, 0.05) is 6.42 Å². The molecule has 0 radical (unpaired) electrons. The van der Waals surface area contributed by atoms with Gasteiger partial charge in [0.1, 0.15) is 0 Å². The smallest absolute Gasteiger partial charge is 0.181 e. The molecule has 0 saturated carbocycles. The minimum absolute atomic E-state index is 0.251. The third kappa shape index (κ3) is 3.80. The van der Waals surface area contributed by atoms with Crippen molar-refractivity contribution >= 4 is 0 Å². The highest BCUT2D eigenvalue weighted by molar-refractivity contribution is 4.83. The largest absolute Gasteiger partial charge is 0.346 e. The molecule has 0 aromatic heterocycles. The van der Waals surface area contributed by atoms with Crippen LogP contribution in [0.3, 0.4) is 0 Å². The average molecular weight is 239 g/mol. The Morgan fingerprint density at radius 1 is 1.18 bits per heavy atom. The number of hydrogen-bond acceptors (Lipinski definition) is 3. The van der Waals surface area contributed by atoms with E-state index >= 15 is 0 Å². The van der Waals surface area contributed by atoms with Crippen LogP contribution in [0, 0.1) is 0 Å². The first-order valence-corrected chi connectivity index (χ1v) is 6.96. The Morgan fingerprint density at radius 2 is 2.00 bits per heavy atom. The van der Waals surface area contributed by atoms with E-state index in [-0.39, 0.29) is 5.79 Å². The SMILES string of the molecule is C=CCCCCCN1CCCC2(C1)OCCO2. The summed E-state index contributed by atoms with van der Waals surface area (Å²) in [6.45, 7) is 8.65. The lowest BCUT2D eigenvalue weighted by Crippen LogP contribution is -2.49. The fourth-order valence-corrected chi connectivity index (χ4v) is 2.80. The normalized spacial score (nSPS) is 24.2. The highest BCUT2D eigenvalue weighted by Gasteiger charge is 2.40. The topological polar surface area (TPSA) is 21.7 Å². The maximum Gasteiger partial charge on any atom is 0.181 e. The molecule has 0 aliphatic carbocycles. The molecule has 2 heterocycles. The maximum atomic E-state index is 5.78. The van der Waals surface area contributed by atoms with Crippen molar-refractivity contribution in [3.05, 3.63) is 12.7 Å². The van der Waals surface area contributed by atoms with E-state index in [0.29, 0.717) is 0 Å². The first-order chi connectivity index (χ1) is 8.35. The average Bonchev–Trinajstić information content (AvgIpc) is 2.77. The van der Waals surface area contributed by atoms with Gasteiger partial charge in [-0.05, 0) is 38.8 Å². The molecule has 0 N–H and O–H groups in total. The molecular formula is C14H25NO2. The predicted octanol–water partition coefficient (Wildman–Crippen LogP) is 2.57. The van der Waals surface area contributed by atoms with Crippen molar-refractivity contribution in [1.29, 1.82) is 0 Å². The van der Waals surface area contributed by atoms with Gasteiger partial charge < -0.3 is 9.47 Å². The third-order valence-corrected chi connectivity index (χ3v) is 3.69. The molecule has 2 aliphatic heterocycles. The zero-order chi connectivity index (χ0) is 12.0. The summed E-state index contributed by atoms with van der Waals surface area (Å²) < 4.78 is 11.6. The Balaban J connectivity index is 1.65. The van der Waals surface area contributed by atoms with Gasteiger partial charge in [0.15, 0.2) is 5.79 Å². The monoisotopic (exact) mass is 239 g/mol. The summed E-state index contributed by atoms with van der Waals surface area (Å²) in [5.41, 5.74) is 0. The van der Waals surface area contributed by atoms with E-state index < -0.39 is 0 Å². The molecular weight excluding hydrogens is 214 g/mol. The lowest BCUT2D eigenvalue weighted by atomic mass is 10.0. The lowest BCUT2D eigenvalue weighted by Gasteiger charge is -2.38. The van der Waals surface area contributed by atoms with E-state index in [4.69, 9.17) is 9.47 Å². The standard InChI is InChI=1S/C14H25NO2/c1-2-3-4-5-6-9-15-10-7-8-14(13-15)16-11-12-17-14/h2H,1,3-13H2. The molecule has 98 valence electrons. The first kappa shape index (κ1) is 13.1. The Morgan fingerprint density at radius 3 is 2.76 bits per heavy atom. The predicted molar refractivity (Wildman–Crippen MR) is 69.0 cm³/mol. The number of piperidine rings is 1. The van der Waals surface area contributed by atoms with E-state index in [2.05, 4.69) is 11.5 Å². The van der Waals surface area contributed by atoms with Crippen LogP contribution in [0.2, 0.25) is 0 Å². The van der Waals surface area contributed by atoms with Crippen LogP contribution in [0.25, 0.3) is 0 Å². The van der Waals surface area contributed by atoms with Gasteiger partial charge in [-0.25, -0.2) is 0 Å². The quantitative estimate of drug-likeness (QED) is 0.525. The Hall–Kier alpha value is -0.380. The molecule has 2 rings (SSSR count). The molecule has 2 saturated heterocycles. The van der Waals surface area contributed by atoms with E-state index in [9.17, 15) is 0 Å². The van der Waals surface area contributed by atoms with Gasteiger partial charge in [0.2, 0.25) is 0 Å². The van der Waals surface area contributed by atoms with Crippen molar-refractivity contribution in [3.63, 3.8) is 0 Å². The van der Waals surface area contributed by atoms with E-state index in [1.54, 1.807) is 0 Å². The summed E-state index contributed by atoms with van der Waals surface area (Å²) in [4.78, 5) is 2.50. The second-order valence-electron chi connectivity index (χ2n) is 5.13. The van der Waals surface area contributed by atoms with Gasteiger partial charge in [-0.3, -0.25) is 4.90 Å². The minimum atomic E-state index is -0.251. The van der Waals surface area contributed by atoms with E-state index in [1.165, 1.54) is 38.8 Å². The number of ether oxygens (including phenoxy) is 2. The molecule has 17 heavy (non-hydrogen) atoms. The third-order valence-electron chi connectivity index (χ3n) is 3.69. The fraction of sp³-hybridized carbons (Fsp3) is 0.857. The highest BCUT2D eigenvalue weighted by Crippen LogP contribution is 2.30. The molecule has 0 unspecified atom stereocenters. The molecule has 2 fully saturated rings. The first-order valence-electron chi connectivity index (χ1n) is 6.96. The molecule has 2 aliphatic rings. The summed E-state index contributed by atoms with van der Waals surface area (Å²) in [5.74, 6) is -0.251. The minimum Gasteiger partial charge on any atom is -0.346 e. The highest BCUT2D eigenvalue weighted by atomic mass is 16.7. The van der Waals surface area contributed by atoms with Crippen molar-refractivity contribution in [1.82, 2.24) is 4.90 Å². The van der Waals surface area contributed by atoms with E-state index in [0.717, 1.165) is 32.6 Å². The van der Waals surface area contributed by atoms with Crippen LogP contribution < -0.4 is 0 Å². The second-order valence-corrected chi connectivity index (χ2v) is 5.13. The summed E-state index contributed by atoms with van der Waals surface area (Å²) in [6.07, 6.45) is 9.29. The van der Waals surface area contributed by atoms with Gasteiger partial charge in [0.05, 0.1) is 19.8 Å². The van der Waals surface area contributed by atoms with Crippen molar-refractivity contribution in [3.8, 4) is 0 Å². The molecule has 0 bridgehead atoms. The molecule has 0 aromatic carbocycles. The molecule has 0 atom stereocenters. The van der Waals surface area contributed by atoms with Crippen molar-refractivity contribution in [2.75, 3.05) is 32.8 Å². The maximum absolute atomic E-state index is 5.78. The fourth-order valence-electron chi connectivity index (χ4n) is 2.80. The van der Waals surface area contributed by atoms with Crippen molar-refractivity contribution < 1.29 is 9.47 Å². The van der Waals surface area contributed by atoms with Crippen LogP contribution in [-0.2, 0) is 9.47 Å². The lowest BCUT2D eigenvalue weighted by molar-refractivity contribution is -0.189. The second kappa shape index (κ2) is 6.53. The number of rotatable bonds is 6. The molecule has 0 aromatic rings. The van der Waals surface area contributed by atoms with Crippen LogP contribution in [0.15, 0.2) is 12.7 Å². The van der Waals surface area contributed by atoms with Crippen LogP contribution >= 0.6 is 0 Å². The van der Waals surface area contributed by atoms with Gasteiger partial charge in [-0.2, -0.15) is 0 Å². The van der Waals surface area contributed by atoms with Crippen LogP contribution in [-0.4, -0.2) is 43.5 Å². The van der Waals surface area contributed by atoms with Crippen LogP contribution in [0.1, 0.15) is 38.5 Å². The molecule has 1 spiro atoms. The summed E-state index contributed by atoms with van der Waals surface area (Å²) in [6, 6.07) is 0. The number of unbranched alkanes of at least 4 members (excludes halogenated alkanes) is 3. The molecule has 3 nitrogen and oxygen atoms in total. The Bertz CT molecular complexity index is 236. The van der Waals surface area contributed by atoms with Crippen LogP contribution in [0.5, 0.6) is 0 Å². The van der Waals surface area contributed by atoms with Crippen LogP contribution in [0.4, 0.5) is 0 Å². The van der Waals surface area contributed by atoms with Gasteiger partial charge >= 0.3 is 0 Å². The van der Waals surface area contributed by atoms with Gasteiger partial charge in [-0.1, -0.05) is 12.5 Å². The van der Waals surface area contributed by atoms with Gasteiger partial charge in [0.25, 0.3) is 0 Å². The molecule has 0 amide bonds. The number of nitrogens with zero attached hydrogens (tertiary/aromatic N) is 1. The van der Waals surface area contributed by atoms with Crippen molar-refractivity contribution in [2.45, 2.75) is 44.3 Å². The van der Waals surface area contributed by atoms with Crippen molar-refractivity contribution in [2.24, 2.45) is 0 Å². The van der Waals surface area contributed by atoms with Gasteiger partial charge in [-0.15, -0.1) is 6.58 Å². The van der Waals surface area contributed by atoms with E-state index in [1.807, 2.05) is 6.08 Å². The number of allylic oxidation sites excluding steroid dienone is 1. The summed E-state index contributed by atoms with van der Waals surface area (Å²) in [7, 11) is 0. The Kier molecular flexibility index (Phi) is 5.01. The molecule has 3 heteroatoms. The number of hydrogen-bond donors (Lipinski definition) is 0. The zero-order valence-electron chi connectivity index (χ0n) is 10.8. The zero-order valence-corrected chi connectivity index (χ0v) is 10.8. The summed E-state index contributed by atoms with van der Waals surface area (Å²) >= 11 is 0. The summed E-state index contributed by atoms with van der Waals surface area (Å²) in [5, 5.41) is 0. The number of likely N-dealkylation sites (tertiary alicyclic amines) is 1.